The molecule has 0 spiro atoms. The Bertz CT molecular complexity index is 482. The zero-order valence-corrected chi connectivity index (χ0v) is 14.3. The third-order valence-electron chi connectivity index (χ3n) is 3.24. The minimum atomic E-state index is -1.66. The van der Waals surface area contributed by atoms with Crippen molar-refractivity contribution in [3.05, 3.63) is 0 Å². The van der Waals surface area contributed by atoms with Crippen LogP contribution in [0.3, 0.4) is 0 Å². The Balaban J connectivity index is 2.95. The summed E-state index contributed by atoms with van der Waals surface area (Å²) in [5.74, 6) is -2.01. The van der Waals surface area contributed by atoms with Crippen molar-refractivity contribution in [1.29, 1.82) is 0 Å². The number of aliphatic hydroxyl groups excluding tert-OH is 2. The fourth-order valence-corrected chi connectivity index (χ4v) is 2.00. The van der Waals surface area contributed by atoms with Gasteiger partial charge < -0.3 is 29.2 Å². The van der Waals surface area contributed by atoms with E-state index in [0.29, 0.717) is 0 Å². The molecule has 2 N–H and O–H groups in total. The van der Waals surface area contributed by atoms with E-state index in [1.54, 1.807) is 20.8 Å². The lowest BCUT2D eigenvalue weighted by molar-refractivity contribution is -0.295. The van der Waals surface area contributed by atoms with Crippen molar-refractivity contribution in [3.63, 3.8) is 0 Å². The summed E-state index contributed by atoms with van der Waals surface area (Å²) < 4.78 is 20.0. The van der Waals surface area contributed by atoms with Crippen LogP contribution in [0.4, 0.5) is 0 Å². The van der Waals surface area contributed by atoms with Gasteiger partial charge in [0.05, 0.1) is 5.41 Å². The molecule has 0 aromatic heterocycles. The Labute approximate surface area is 139 Å². The molecule has 0 aliphatic carbocycles. The molecular formula is C15H24O9. The highest BCUT2D eigenvalue weighted by atomic mass is 16.7. The van der Waals surface area contributed by atoms with E-state index < -0.39 is 54.0 Å². The second-order valence-corrected chi connectivity index (χ2v) is 6.55. The number of hydrogen-bond acceptors (Lipinski definition) is 9. The lowest BCUT2D eigenvalue weighted by Gasteiger charge is -2.41. The average molecular weight is 348 g/mol. The maximum absolute atomic E-state index is 12.0. The standard InChI is InChI=1S/C15H24O9/c1-7(16)21-6-9-10(18)11(22-8(2)17)12(13(19)23-9)24-14(20)15(3,4)5/h9-13,18-19H,6H2,1-5H3/t9-,10-,11+,12-,13-/m1/s1. The molecule has 0 aromatic rings. The van der Waals surface area contributed by atoms with Crippen LogP contribution in [0.15, 0.2) is 0 Å². The highest BCUT2D eigenvalue weighted by Gasteiger charge is 2.50. The Kier molecular flexibility index (Phi) is 6.70. The minimum absolute atomic E-state index is 0.356. The lowest BCUT2D eigenvalue weighted by atomic mass is 9.95. The van der Waals surface area contributed by atoms with Crippen LogP contribution in [0.5, 0.6) is 0 Å². The molecule has 1 fully saturated rings. The second kappa shape index (κ2) is 7.91. The molecule has 24 heavy (non-hydrogen) atoms. The van der Waals surface area contributed by atoms with Crippen LogP contribution in [0, 0.1) is 5.41 Å². The van der Waals surface area contributed by atoms with E-state index in [-0.39, 0.29) is 6.61 Å². The van der Waals surface area contributed by atoms with Crippen molar-refractivity contribution >= 4 is 17.9 Å². The van der Waals surface area contributed by atoms with Crippen LogP contribution in [-0.4, -0.2) is 65.4 Å². The number of esters is 3. The van der Waals surface area contributed by atoms with Crippen molar-refractivity contribution in [3.8, 4) is 0 Å². The first kappa shape index (κ1) is 20.3. The first-order valence-electron chi connectivity index (χ1n) is 7.46. The van der Waals surface area contributed by atoms with E-state index in [4.69, 9.17) is 18.9 Å². The molecule has 9 nitrogen and oxygen atoms in total. The molecular weight excluding hydrogens is 324 g/mol. The summed E-state index contributed by atoms with van der Waals surface area (Å²) >= 11 is 0. The topological polar surface area (TPSA) is 129 Å². The summed E-state index contributed by atoms with van der Waals surface area (Å²) in [5.41, 5.74) is -0.875. The molecule has 0 radical (unpaired) electrons. The fourth-order valence-electron chi connectivity index (χ4n) is 2.00. The third kappa shape index (κ3) is 5.43. The quantitative estimate of drug-likeness (QED) is 0.511. The summed E-state index contributed by atoms with van der Waals surface area (Å²) in [7, 11) is 0. The molecule has 1 saturated heterocycles. The van der Waals surface area contributed by atoms with Gasteiger partial charge in [-0.05, 0) is 20.8 Å². The Morgan fingerprint density at radius 1 is 1.00 bits per heavy atom. The van der Waals surface area contributed by atoms with Gasteiger partial charge in [-0.25, -0.2) is 0 Å². The summed E-state index contributed by atoms with van der Waals surface area (Å²) in [4.78, 5) is 34.2. The number of carbonyl (C=O) groups is 3. The second-order valence-electron chi connectivity index (χ2n) is 6.55. The molecule has 138 valence electrons. The van der Waals surface area contributed by atoms with Gasteiger partial charge in [-0.2, -0.15) is 0 Å². The van der Waals surface area contributed by atoms with Crippen LogP contribution in [-0.2, 0) is 33.3 Å². The Morgan fingerprint density at radius 3 is 2.04 bits per heavy atom. The van der Waals surface area contributed by atoms with Crippen LogP contribution < -0.4 is 0 Å². The van der Waals surface area contributed by atoms with E-state index in [1.165, 1.54) is 6.92 Å². The Hall–Kier alpha value is -1.71. The van der Waals surface area contributed by atoms with Crippen molar-refractivity contribution < 1.29 is 43.5 Å². The highest BCUT2D eigenvalue weighted by Crippen LogP contribution is 2.28. The van der Waals surface area contributed by atoms with Gasteiger partial charge in [0.1, 0.15) is 18.8 Å². The number of carbonyl (C=O) groups excluding carboxylic acids is 3. The summed E-state index contributed by atoms with van der Waals surface area (Å²) in [6.07, 6.45) is -7.04. The molecule has 0 amide bonds. The van der Waals surface area contributed by atoms with E-state index in [2.05, 4.69) is 0 Å². The molecule has 1 heterocycles. The molecule has 9 heteroatoms. The SMILES string of the molecule is CC(=O)OC[C@H]1O[C@@H](O)[C@H](OC(=O)C(C)(C)C)[C@@H](OC(C)=O)[C@@H]1O. The number of rotatable bonds is 4. The maximum Gasteiger partial charge on any atom is 0.311 e. The molecule has 0 saturated carbocycles. The van der Waals surface area contributed by atoms with E-state index in [0.717, 1.165) is 6.92 Å². The average Bonchev–Trinajstić information content (AvgIpc) is 2.42. The van der Waals surface area contributed by atoms with E-state index >= 15 is 0 Å². The van der Waals surface area contributed by atoms with Gasteiger partial charge in [-0.15, -0.1) is 0 Å². The van der Waals surface area contributed by atoms with Crippen LogP contribution >= 0.6 is 0 Å². The monoisotopic (exact) mass is 348 g/mol. The Morgan fingerprint density at radius 2 is 1.58 bits per heavy atom. The summed E-state index contributed by atoms with van der Waals surface area (Å²) in [5, 5.41) is 20.4. The van der Waals surface area contributed by atoms with Crippen molar-refractivity contribution in [2.45, 2.75) is 65.3 Å². The van der Waals surface area contributed by atoms with E-state index in [9.17, 15) is 24.6 Å². The predicted octanol–water partition coefficient (Wildman–Crippen LogP) is -0.483. The minimum Gasteiger partial charge on any atom is -0.463 e. The van der Waals surface area contributed by atoms with Crippen molar-refractivity contribution in [1.82, 2.24) is 0 Å². The molecule has 0 bridgehead atoms. The lowest BCUT2D eigenvalue weighted by Crippen LogP contribution is -2.61. The normalized spacial score (nSPS) is 30.4. The van der Waals surface area contributed by atoms with Crippen molar-refractivity contribution in [2.24, 2.45) is 5.41 Å². The molecule has 0 unspecified atom stereocenters. The van der Waals surface area contributed by atoms with Gasteiger partial charge in [0.25, 0.3) is 0 Å². The predicted molar refractivity (Wildman–Crippen MR) is 78.4 cm³/mol. The number of aliphatic hydroxyl groups is 2. The van der Waals surface area contributed by atoms with E-state index in [1.807, 2.05) is 0 Å². The van der Waals surface area contributed by atoms with Gasteiger partial charge in [-0.3, -0.25) is 14.4 Å². The zero-order valence-electron chi connectivity index (χ0n) is 14.3. The first-order valence-corrected chi connectivity index (χ1v) is 7.46. The summed E-state index contributed by atoms with van der Waals surface area (Å²) in [6, 6.07) is 0. The van der Waals surface area contributed by atoms with Crippen LogP contribution in [0.25, 0.3) is 0 Å². The van der Waals surface area contributed by atoms with Crippen LogP contribution in [0.1, 0.15) is 34.6 Å². The van der Waals surface area contributed by atoms with Crippen molar-refractivity contribution in [2.75, 3.05) is 6.61 Å². The first-order chi connectivity index (χ1) is 10.9. The van der Waals surface area contributed by atoms with Gasteiger partial charge >= 0.3 is 17.9 Å². The van der Waals surface area contributed by atoms with Gasteiger partial charge in [0.2, 0.25) is 0 Å². The zero-order chi connectivity index (χ0) is 18.7. The molecule has 1 aliphatic rings. The van der Waals surface area contributed by atoms with Crippen LogP contribution in [0.2, 0.25) is 0 Å². The molecule has 1 rings (SSSR count). The number of hydrogen-bond donors (Lipinski definition) is 2. The molecule has 5 atom stereocenters. The van der Waals surface area contributed by atoms with Gasteiger partial charge in [-0.1, -0.05) is 0 Å². The van der Waals surface area contributed by atoms with Gasteiger partial charge in [0.15, 0.2) is 18.5 Å². The smallest absolute Gasteiger partial charge is 0.311 e. The highest BCUT2D eigenvalue weighted by molar-refractivity contribution is 5.75. The number of ether oxygens (including phenoxy) is 4. The summed E-state index contributed by atoms with van der Waals surface area (Å²) in [6.45, 7) is 6.73. The third-order valence-corrected chi connectivity index (χ3v) is 3.24. The maximum atomic E-state index is 12.0. The fraction of sp³-hybridized carbons (Fsp3) is 0.800. The van der Waals surface area contributed by atoms with Gasteiger partial charge in [0, 0.05) is 13.8 Å². The largest absolute Gasteiger partial charge is 0.463 e. The molecule has 1 aliphatic heterocycles. The molecule has 0 aromatic carbocycles.